The Labute approximate surface area is 204 Å². The number of hydrogen-bond donors (Lipinski definition) is 3. The first-order valence-electron chi connectivity index (χ1n) is 11.8. The number of nitrogens with zero attached hydrogens (tertiary/aromatic N) is 4. The molecule has 0 radical (unpaired) electrons. The van der Waals surface area contributed by atoms with E-state index < -0.39 is 6.09 Å². The lowest BCUT2D eigenvalue weighted by Gasteiger charge is -2.29. The van der Waals surface area contributed by atoms with E-state index in [0.29, 0.717) is 35.4 Å². The highest BCUT2D eigenvalue weighted by Gasteiger charge is 2.21. The van der Waals surface area contributed by atoms with Gasteiger partial charge in [-0.1, -0.05) is 24.9 Å². The first-order chi connectivity index (χ1) is 16.6. The van der Waals surface area contributed by atoms with Crippen molar-refractivity contribution < 1.29 is 9.53 Å². The third-order valence-electron chi connectivity index (χ3n) is 5.94. The maximum atomic E-state index is 11.7. The molecule has 0 saturated heterocycles. The summed E-state index contributed by atoms with van der Waals surface area (Å²) in [7, 11) is 0. The number of carbonyl (C=O) groups excluding carboxylic acids is 1. The third kappa shape index (κ3) is 6.66. The smallest absolute Gasteiger partial charge is 0.411 e. The van der Waals surface area contributed by atoms with Gasteiger partial charge < -0.3 is 15.4 Å². The van der Waals surface area contributed by atoms with Gasteiger partial charge in [0.05, 0.1) is 24.7 Å². The van der Waals surface area contributed by atoms with Crippen molar-refractivity contribution in [2.75, 3.05) is 29.1 Å². The SMILES string of the molecule is CCCCOC(=O)Nc1cnc(NCC2CCC(Nc3ccc4ccnc(Cl)c4n3)CC2)nc1. The molecule has 3 aromatic heterocycles. The lowest BCUT2D eigenvalue weighted by molar-refractivity contribution is 0.160. The minimum Gasteiger partial charge on any atom is -0.449 e. The molecular formula is C24H30ClN7O2. The van der Waals surface area contributed by atoms with Crippen molar-refractivity contribution >= 4 is 46.1 Å². The molecule has 180 valence electrons. The Morgan fingerprint density at radius 1 is 1.12 bits per heavy atom. The number of carbonyl (C=O) groups is 1. The Morgan fingerprint density at radius 3 is 2.68 bits per heavy atom. The number of amides is 1. The van der Waals surface area contributed by atoms with Crippen molar-refractivity contribution in [1.82, 2.24) is 19.9 Å². The third-order valence-corrected chi connectivity index (χ3v) is 6.22. The molecular weight excluding hydrogens is 454 g/mol. The van der Waals surface area contributed by atoms with E-state index in [1.54, 1.807) is 18.6 Å². The van der Waals surface area contributed by atoms with Gasteiger partial charge in [-0.15, -0.1) is 0 Å². The number of halogens is 1. The van der Waals surface area contributed by atoms with Crippen LogP contribution in [0.25, 0.3) is 10.9 Å². The van der Waals surface area contributed by atoms with Gasteiger partial charge in [0.2, 0.25) is 5.95 Å². The van der Waals surface area contributed by atoms with E-state index in [2.05, 4.69) is 35.9 Å². The van der Waals surface area contributed by atoms with Crippen LogP contribution in [-0.2, 0) is 4.74 Å². The first-order valence-corrected chi connectivity index (χ1v) is 12.2. The van der Waals surface area contributed by atoms with Crippen molar-refractivity contribution in [2.45, 2.75) is 51.5 Å². The van der Waals surface area contributed by atoms with Crippen LogP contribution < -0.4 is 16.0 Å². The van der Waals surface area contributed by atoms with Crippen molar-refractivity contribution in [3.8, 4) is 0 Å². The van der Waals surface area contributed by atoms with Gasteiger partial charge in [-0.25, -0.2) is 24.7 Å². The molecule has 1 saturated carbocycles. The van der Waals surface area contributed by atoms with Crippen LogP contribution in [0.15, 0.2) is 36.8 Å². The number of hydrogen-bond acceptors (Lipinski definition) is 8. The summed E-state index contributed by atoms with van der Waals surface area (Å²) < 4.78 is 5.07. The van der Waals surface area contributed by atoms with Crippen LogP contribution >= 0.6 is 11.6 Å². The van der Waals surface area contributed by atoms with Crippen molar-refractivity contribution in [3.05, 3.63) is 41.9 Å². The van der Waals surface area contributed by atoms with E-state index in [-0.39, 0.29) is 0 Å². The molecule has 3 N–H and O–H groups in total. The first kappa shape index (κ1) is 23.9. The molecule has 3 heterocycles. The Morgan fingerprint density at radius 2 is 1.91 bits per heavy atom. The monoisotopic (exact) mass is 483 g/mol. The van der Waals surface area contributed by atoms with Crippen LogP contribution in [0, 0.1) is 5.92 Å². The van der Waals surface area contributed by atoms with Gasteiger partial charge >= 0.3 is 6.09 Å². The van der Waals surface area contributed by atoms with E-state index in [1.807, 2.05) is 25.1 Å². The molecule has 1 amide bonds. The zero-order chi connectivity index (χ0) is 23.8. The van der Waals surface area contributed by atoms with E-state index in [0.717, 1.165) is 61.8 Å². The van der Waals surface area contributed by atoms with E-state index in [9.17, 15) is 4.79 Å². The van der Waals surface area contributed by atoms with Crippen molar-refractivity contribution in [2.24, 2.45) is 5.92 Å². The second-order valence-corrected chi connectivity index (χ2v) is 8.88. The number of aromatic nitrogens is 4. The Kier molecular flexibility index (Phi) is 8.30. The highest BCUT2D eigenvalue weighted by molar-refractivity contribution is 6.33. The summed E-state index contributed by atoms with van der Waals surface area (Å²) in [5, 5.41) is 10.9. The fourth-order valence-corrected chi connectivity index (χ4v) is 4.20. The number of nitrogens with one attached hydrogen (secondary N) is 3. The molecule has 1 aliphatic carbocycles. The molecule has 0 spiro atoms. The normalized spacial score (nSPS) is 17.8. The standard InChI is InChI=1S/C24H30ClN7O2/c1-2-3-12-34-24(33)31-19-14-28-23(29-15-19)27-13-16-4-7-18(8-5-16)30-20-9-6-17-10-11-26-22(25)21(17)32-20/h6,9-11,14-16,18H,2-5,7-8,12-13H2,1H3,(H,30,32)(H,31,33)(H,27,28,29). The van der Waals surface area contributed by atoms with E-state index in [1.165, 1.54) is 0 Å². The van der Waals surface area contributed by atoms with Gasteiger partial charge in [-0.05, 0) is 56.2 Å². The molecule has 0 atom stereocenters. The van der Waals surface area contributed by atoms with Crippen LogP contribution in [0.1, 0.15) is 45.4 Å². The summed E-state index contributed by atoms with van der Waals surface area (Å²) in [4.78, 5) is 29.0. The number of anilines is 3. The predicted octanol–water partition coefficient (Wildman–Crippen LogP) is 5.50. The van der Waals surface area contributed by atoms with Crippen molar-refractivity contribution in [1.29, 1.82) is 0 Å². The van der Waals surface area contributed by atoms with Crippen LogP contribution in [-0.4, -0.2) is 45.2 Å². The fraction of sp³-hybridized carbons (Fsp3) is 0.458. The highest BCUT2D eigenvalue weighted by Crippen LogP contribution is 2.27. The van der Waals surface area contributed by atoms with Gasteiger partial charge in [-0.2, -0.15) is 0 Å². The van der Waals surface area contributed by atoms with E-state index >= 15 is 0 Å². The summed E-state index contributed by atoms with van der Waals surface area (Å²) in [6, 6.07) is 6.30. The Bertz CT molecular complexity index is 1090. The maximum Gasteiger partial charge on any atom is 0.411 e. The largest absolute Gasteiger partial charge is 0.449 e. The molecule has 34 heavy (non-hydrogen) atoms. The van der Waals surface area contributed by atoms with Gasteiger partial charge in [0, 0.05) is 24.2 Å². The molecule has 1 fully saturated rings. The van der Waals surface area contributed by atoms with E-state index in [4.69, 9.17) is 16.3 Å². The summed E-state index contributed by atoms with van der Waals surface area (Å²) in [6.07, 6.45) is 10.5. The molecule has 9 nitrogen and oxygen atoms in total. The predicted molar refractivity (Wildman–Crippen MR) is 134 cm³/mol. The summed E-state index contributed by atoms with van der Waals surface area (Å²) in [5.41, 5.74) is 1.24. The average Bonchev–Trinajstić information content (AvgIpc) is 2.85. The van der Waals surface area contributed by atoms with Gasteiger partial charge in [0.15, 0.2) is 5.15 Å². The quantitative estimate of drug-likeness (QED) is 0.270. The lowest BCUT2D eigenvalue weighted by Crippen LogP contribution is -2.29. The summed E-state index contributed by atoms with van der Waals surface area (Å²) in [6.45, 7) is 3.26. The Hall–Kier alpha value is -3.20. The highest BCUT2D eigenvalue weighted by atomic mass is 35.5. The topological polar surface area (TPSA) is 114 Å². The van der Waals surface area contributed by atoms with Gasteiger partial charge in [-0.3, -0.25) is 5.32 Å². The maximum absolute atomic E-state index is 11.7. The molecule has 1 aliphatic rings. The molecule has 0 aromatic carbocycles. The minimum atomic E-state index is -0.484. The molecule has 3 aromatic rings. The zero-order valence-electron chi connectivity index (χ0n) is 19.3. The summed E-state index contributed by atoms with van der Waals surface area (Å²) >= 11 is 6.19. The molecule has 4 rings (SSSR count). The summed E-state index contributed by atoms with van der Waals surface area (Å²) in [5.74, 6) is 1.94. The number of ether oxygens (including phenoxy) is 1. The zero-order valence-corrected chi connectivity index (χ0v) is 20.0. The fourth-order valence-electron chi connectivity index (χ4n) is 4.00. The van der Waals surface area contributed by atoms with Crippen LogP contribution in [0.4, 0.5) is 22.2 Å². The minimum absolute atomic E-state index is 0.385. The average molecular weight is 484 g/mol. The van der Waals surface area contributed by atoms with Gasteiger partial charge in [0.25, 0.3) is 0 Å². The van der Waals surface area contributed by atoms with Gasteiger partial charge in [0.1, 0.15) is 11.3 Å². The molecule has 10 heteroatoms. The number of rotatable bonds is 9. The van der Waals surface area contributed by atoms with Crippen LogP contribution in [0.5, 0.6) is 0 Å². The Balaban J connectivity index is 1.19. The second kappa shape index (κ2) is 11.8. The molecule has 0 unspecified atom stereocenters. The number of unbranched alkanes of at least 4 members (excludes halogenated alkanes) is 1. The number of fused-ring (bicyclic) bond motifs is 1. The molecule has 0 bridgehead atoms. The second-order valence-electron chi connectivity index (χ2n) is 8.52. The van der Waals surface area contributed by atoms with Crippen molar-refractivity contribution in [3.63, 3.8) is 0 Å². The number of pyridine rings is 2. The van der Waals surface area contributed by atoms with Crippen LogP contribution in [0.3, 0.4) is 0 Å². The van der Waals surface area contributed by atoms with Crippen LogP contribution in [0.2, 0.25) is 5.15 Å². The molecule has 0 aliphatic heterocycles. The lowest BCUT2D eigenvalue weighted by atomic mass is 9.86.